The first kappa shape index (κ1) is 20.1. The van der Waals surface area contributed by atoms with Crippen LogP contribution in [0.2, 0.25) is 0 Å². The van der Waals surface area contributed by atoms with Gasteiger partial charge < -0.3 is 15.1 Å². The molecule has 31 heavy (non-hydrogen) atoms. The molecule has 0 bridgehead atoms. The van der Waals surface area contributed by atoms with E-state index in [9.17, 15) is 14.4 Å². The van der Waals surface area contributed by atoms with Gasteiger partial charge in [-0.2, -0.15) is 0 Å². The minimum atomic E-state index is -0.462. The lowest BCUT2D eigenvalue weighted by molar-refractivity contribution is -0.115. The standard InChI is InChI=1S/C25H20N2O4/c1-2-23(28)26-19-10-6-11-20(15-19)27-24(29)18-9-5-8-16(13-18)21-14-17-7-3-4-12-22(17)31-25(21)30/h3-15H,2H2,1H3,(H,26,28)(H,27,29). The second-order valence-corrected chi connectivity index (χ2v) is 7.00. The first-order valence-corrected chi connectivity index (χ1v) is 9.88. The summed E-state index contributed by atoms with van der Waals surface area (Å²) in [6.07, 6.45) is 0.367. The van der Waals surface area contributed by atoms with Crippen LogP contribution in [0.1, 0.15) is 23.7 Å². The molecule has 1 heterocycles. The maximum Gasteiger partial charge on any atom is 0.344 e. The second-order valence-electron chi connectivity index (χ2n) is 7.00. The van der Waals surface area contributed by atoms with Crippen LogP contribution < -0.4 is 16.3 Å². The molecule has 0 radical (unpaired) electrons. The summed E-state index contributed by atoms with van der Waals surface area (Å²) in [4.78, 5) is 36.8. The van der Waals surface area contributed by atoms with Gasteiger partial charge in [-0.3, -0.25) is 9.59 Å². The molecular formula is C25H20N2O4. The van der Waals surface area contributed by atoms with Crippen molar-refractivity contribution in [2.24, 2.45) is 0 Å². The number of carbonyl (C=O) groups is 2. The Morgan fingerprint density at radius 1 is 0.839 bits per heavy atom. The van der Waals surface area contributed by atoms with Gasteiger partial charge in [0.1, 0.15) is 5.58 Å². The number of hydrogen-bond donors (Lipinski definition) is 2. The van der Waals surface area contributed by atoms with Gasteiger partial charge in [0.05, 0.1) is 5.56 Å². The monoisotopic (exact) mass is 412 g/mol. The van der Waals surface area contributed by atoms with Gasteiger partial charge >= 0.3 is 5.63 Å². The van der Waals surface area contributed by atoms with E-state index in [-0.39, 0.29) is 11.8 Å². The molecule has 0 aliphatic rings. The maximum atomic E-state index is 12.8. The molecule has 0 fully saturated rings. The molecule has 0 saturated heterocycles. The highest BCUT2D eigenvalue weighted by atomic mass is 16.4. The molecule has 3 aromatic carbocycles. The molecule has 4 aromatic rings. The van der Waals surface area contributed by atoms with E-state index in [0.717, 1.165) is 5.39 Å². The van der Waals surface area contributed by atoms with Crippen molar-refractivity contribution in [2.45, 2.75) is 13.3 Å². The summed E-state index contributed by atoms with van der Waals surface area (Å²) in [5.41, 5.74) is 2.58. The van der Waals surface area contributed by atoms with E-state index >= 15 is 0 Å². The van der Waals surface area contributed by atoms with Crippen molar-refractivity contribution in [3.63, 3.8) is 0 Å². The Balaban J connectivity index is 1.60. The minimum Gasteiger partial charge on any atom is -0.422 e. The molecule has 4 rings (SSSR count). The van der Waals surface area contributed by atoms with E-state index in [4.69, 9.17) is 4.42 Å². The smallest absolute Gasteiger partial charge is 0.344 e. The minimum absolute atomic E-state index is 0.106. The van der Waals surface area contributed by atoms with Crippen LogP contribution >= 0.6 is 0 Å². The van der Waals surface area contributed by atoms with Crippen molar-refractivity contribution < 1.29 is 14.0 Å². The van der Waals surface area contributed by atoms with Gasteiger partial charge in [0.2, 0.25) is 5.91 Å². The second kappa shape index (κ2) is 8.67. The predicted molar refractivity (Wildman–Crippen MR) is 121 cm³/mol. The van der Waals surface area contributed by atoms with E-state index in [0.29, 0.717) is 40.1 Å². The highest BCUT2D eigenvalue weighted by molar-refractivity contribution is 6.05. The number of para-hydroxylation sites is 1. The van der Waals surface area contributed by atoms with Gasteiger partial charge in [-0.1, -0.05) is 43.3 Å². The van der Waals surface area contributed by atoms with E-state index < -0.39 is 5.63 Å². The van der Waals surface area contributed by atoms with Gasteiger partial charge in [-0.15, -0.1) is 0 Å². The van der Waals surface area contributed by atoms with E-state index in [2.05, 4.69) is 10.6 Å². The molecule has 0 aliphatic carbocycles. The fourth-order valence-corrected chi connectivity index (χ4v) is 3.22. The van der Waals surface area contributed by atoms with Crippen LogP contribution in [0, 0.1) is 0 Å². The van der Waals surface area contributed by atoms with Gasteiger partial charge in [0.15, 0.2) is 0 Å². The van der Waals surface area contributed by atoms with E-state index in [1.54, 1.807) is 73.7 Å². The number of benzene rings is 3. The summed E-state index contributed by atoms with van der Waals surface area (Å²) >= 11 is 0. The first-order chi connectivity index (χ1) is 15.0. The van der Waals surface area contributed by atoms with Crippen molar-refractivity contribution in [3.05, 3.63) is 94.8 Å². The molecule has 0 aliphatic heterocycles. The topological polar surface area (TPSA) is 88.4 Å². The summed E-state index contributed by atoms with van der Waals surface area (Å²) < 4.78 is 5.41. The quantitative estimate of drug-likeness (QED) is 0.449. The van der Waals surface area contributed by atoms with Crippen LogP contribution in [0.3, 0.4) is 0 Å². The third-order valence-electron chi connectivity index (χ3n) is 4.80. The summed E-state index contributed by atoms with van der Waals surface area (Å²) in [7, 11) is 0. The molecule has 0 spiro atoms. The number of amides is 2. The Kier molecular flexibility index (Phi) is 5.62. The van der Waals surface area contributed by atoms with E-state index in [1.165, 1.54) is 0 Å². The van der Waals surface area contributed by atoms with Crippen LogP contribution in [0.25, 0.3) is 22.1 Å². The number of rotatable bonds is 5. The highest BCUT2D eigenvalue weighted by Gasteiger charge is 2.12. The molecule has 0 unspecified atom stereocenters. The van der Waals surface area contributed by atoms with Crippen LogP contribution in [-0.2, 0) is 4.79 Å². The van der Waals surface area contributed by atoms with Crippen molar-refractivity contribution in [2.75, 3.05) is 10.6 Å². The molecule has 6 heteroatoms. The van der Waals surface area contributed by atoms with Crippen LogP contribution in [-0.4, -0.2) is 11.8 Å². The molecular weight excluding hydrogens is 392 g/mol. The highest BCUT2D eigenvalue weighted by Crippen LogP contribution is 2.23. The third kappa shape index (κ3) is 4.53. The lowest BCUT2D eigenvalue weighted by atomic mass is 10.0. The number of carbonyl (C=O) groups excluding carboxylic acids is 2. The number of nitrogens with one attached hydrogen (secondary N) is 2. The van der Waals surface area contributed by atoms with Crippen molar-refractivity contribution >= 4 is 34.2 Å². The zero-order valence-corrected chi connectivity index (χ0v) is 16.8. The van der Waals surface area contributed by atoms with Gasteiger partial charge in [0.25, 0.3) is 5.91 Å². The molecule has 0 saturated carbocycles. The van der Waals surface area contributed by atoms with Gasteiger partial charge in [-0.05, 0) is 48.0 Å². The Hall–Kier alpha value is -4.19. The average Bonchev–Trinajstić information content (AvgIpc) is 2.79. The van der Waals surface area contributed by atoms with Crippen LogP contribution in [0.5, 0.6) is 0 Å². The Morgan fingerprint density at radius 3 is 2.39 bits per heavy atom. The SMILES string of the molecule is CCC(=O)Nc1cccc(NC(=O)c2cccc(-c3cc4ccccc4oc3=O)c2)c1. The predicted octanol–water partition coefficient (Wildman–Crippen LogP) is 5.06. The summed E-state index contributed by atoms with van der Waals surface area (Å²) in [6, 6.07) is 22.8. The average molecular weight is 412 g/mol. The summed E-state index contributed by atoms with van der Waals surface area (Å²) in [5.74, 6) is -0.434. The summed E-state index contributed by atoms with van der Waals surface area (Å²) in [5, 5.41) is 6.39. The molecule has 2 amide bonds. The van der Waals surface area contributed by atoms with Crippen molar-refractivity contribution in [3.8, 4) is 11.1 Å². The Morgan fingerprint density at radius 2 is 1.58 bits per heavy atom. The van der Waals surface area contributed by atoms with Crippen LogP contribution in [0.4, 0.5) is 11.4 Å². The summed E-state index contributed by atoms with van der Waals surface area (Å²) in [6.45, 7) is 1.77. The third-order valence-corrected chi connectivity index (χ3v) is 4.80. The largest absolute Gasteiger partial charge is 0.422 e. The maximum absolute atomic E-state index is 12.8. The number of anilines is 2. The molecule has 2 N–H and O–H groups in total. The Bertz CT molecular complexity index is 1340. The lowest BCUT2D eigenvalue weighted by Crippen LogP contribution is -2.13. The molecule has 1 aromatic heterocycles. The molecule has 6 nitrogen and oxygen atoms in total. The number of hydrogen-bond acceptors (Lipinski definition) is 4. The van der Waals surface area contributed by atoms with Crippen molar-refractivity contribution in [1.29, 1.82) is 0 Å². The molecule has 154 valence electrons. The normalized spacial score (nSPS) is 10.6. The fraction of sp³-hybridized carbons (Fsp3) is 0.0800. The fourth-order valence-electron chi connectivity index (χ4n) is 3.22. The van der Waals surface area contributed by atoms with E-state index in [1.807, 2.05) is 12.1 Å². The first-order valence-electron chi connectivity index (χ1n) is 9.88. The van der Waals surface area contributed by atoms with Crippen molar-refractivity contribution in [1.82, 2.24) is 0 Å². The van der Waals surface area contributed by atoms with Gasteiger partial charge in [-0.25, -0.2) is 4.79 Å². The molecule has 0 atom stereocenters. The Labute approximate surface area is 178 Å². The zero-order valence-electron chi connectivity index (χ0n) is 16.8. The lowest BCUT2D eigenvalue weighted by Gasteiger charge is -2.09. The number of fused-ring (bicyclic) bond motifs is 1. The van der Waals surface area contributed by atoms with Gasteiger partial charge in [0, 0.05) is 28.7 Å². The van der Waals surface area contributed by atoms with Crippen LogP contribution in [0.15, 0.2) is 88.1 Å². The zero-order chi connectivity index (χ0) is 21.8.